The highest BCUT2D eigenvalue weighted by molar-refractivity contribution is 6.66. The lowest BCUT2D eigenvalue weighted by Crippen LogP contribution is -2.47. The number of carbonyl (C=O) groups is 2. The van der Waals surface area contributed by atoms with Gasteiger partial charge in [0.15, 0.2) is 5.78 Å². The number of rotatable bonds is 7. The van der Waals surface area contributed by atoms with Crippen LogP contribution in [0.2, 0.25) is 0 Å². The molecule has 1 aliphatic rings. The molecule has 0 N–H and O–H groups in total. The molecule has 0 saturated carbocycles. The Labute approximate surface area is 192 Å². The maximum Gasteiger partial charge on any atom is 0.245 e. The third-order valence-electron chi connectivity index (χ3n) is 5.77. The van der Waals surface area contributed by atoms with Gasteiger partial charge in [-0.3, -0.25) is 9.59 Å². The van der Waals surface area contributed by atoms with Crippen molar-refractivity contribution < 1.29 is 9.59 Å². The summed E-state index contributed by atoms with van der Waals surface area (Å²) in [5.74, 6) is 0.0537. The summed E-state index contributed by atoms with van der Waals surface area (Å²) in [6, 6.07) is 7.62. The van der Waals surface area contributed by atoms with Crippen LogP contribution in [0.25, 0.3) is 12.2 Å². The van der Waals surface area contributed by atoms with E-state index in [1.54, 1.807) is 12.2 Å². The average molecular weight is 442 g/mol. The van der Waals surface area contributed by atoms with Gasteiger partial charge in [0, 0.05) is 23.9 Å². The molecule has 0 fully saturated rings. The lowest BCUT2D eigenvalue weighted by atomic mass is 9.75. The van der Waals surface area contributed by atoms with Gasteiger partial charge in [0.2, 0.25) is 5.24 Å². The Balaban J connectivity index is 2.21. The van der Waals surface area contributed by atoms with Crippen molar-refractivity contribution in [2.75, 3.05) is 6.54 Å². The normalized spacial score (nSPS) is 17.3. The highest BCUT2D eigenvalue weighted by atomic mass is 35.5. The predicted molar refractivity (Wildman–Crippen MR) is 132 cm³/mol. The molecule has 0 amide bonds. The van der Waals surface area contributed by atoms with Gasteiger partial charge in [-0.2, -0.15) is 0 Å². The molecule has 0 atom stereocenters. The van der Waals surface area contributed by atoms with E-state index in [9.17, 15) is 9.59 Å². The molecule has 31 heavy (non-hydrogen) atoms. The standard InChI is InChI=1S/C27H36ClNO2/c1-25(2,3)19-27(6,7)29-17-16-26(4,5)22(18-29)23(30)14-12-20-8-10-21(11-9-20)13-15-24(28)31/h8-15,18H,16-17,19H2,1-7H3/b14-12+,15-13+. The van der Waals surface area contributed by atoms with Crippen molar-refractivity contribution in [3.63, 3.8) is 0 Å². The first-order chi connectivity index (χ1) is 14.2. The molecular formula is C27H36ClNO2. The third kappa shape index (κ3) is 7.50. The van der Waals surface area contributed by atoms with Gasteiger partial charge in [-0.25, -0.2) is 0 Å². The quantitative estimate of drug-likeness (QED) is 0.342. The first kappa shape index (κ1) is 25.1. The van der Waals surface area contributed by atoms with Gasteiger partial charge in [0.1, 0.15) is 0 Å². The smallest absolute Gasteiger partial charge is 0.245 e. The zero-order valence-electron chi connectivity index (χ0n) is 20.0. The van der Waals surface area contributed by atoms with Gasteiger partial charge in [0.25, 0.3) is 0 Å². The molecule has 1 aromatic rings. The van der Waals surface area contributed by atoms with Crippen LogP contribution < -0.4 is 0 Å². The molecule has 1 aliphatic heterocycles. The number of nitrogens with zero attached hydrogens (tertiary/aromatic N) is 1. The maximum absolute atomic E-state index is 13.1. The fourth-order valence-corrected chi connectivity index (χ4v) is 4.41. The predicted octanol–water partition coefficient (Wildman–Crippen LogP) is 6.88. The van der Waals surface area contributed by atoms with E-state index in [-0.39, 0.29) is 22.2 Å². The van der Waals surface area contributed by atoms with Gasteiger partial charge in [-0.15, -0.1) is 0 Å². The van der Waals surface area contributed by atoms with Crippen LogP contribution in [0.3, 0.4) is 0 Å². The summed E-state index contributed by atoms with van der Waals surface area (Å²) in [6.07, 6.45) is 10.6. The molecule has 3 nitrogen and oxygen atoms in total. The molecule has 0 aliphatic carbocycles. The molecule has 1 aromatic carbocycles. The Morgan fingerprint density at radius 3 is 2.00 bits per heavy atom. The molecule has 4 heteroatoms. The molecule has 0 unspecified atom stereocenters. The fraction of sp³-hybridized carbons (Fsp3) is 0.481. The molecule has 0 saturated heterocycles. The Hall–Kier alpha value is -2.13. The van der Waals surface area contributed by atoms with Crippen LogP contribution in [0.15, 0.2) is 48.2 Å². The number of halogens is 1. The third-order valence-corrected chi connectivity index (χ3v) is 5.89. The highest BCUT2D eigenvalue weighted by Gasteiger charge is 2.37. The van der Waals surface area contributed by atoms with Crippen molar-refractivity contribution in [2.45, 2.75) is 66.8 Å². The Morgan fingerprint density at radius 2 is 1.52 bits per heavy atom. The van der Waals surface area contributed by atoms with Gasteiger partial charge >= 0.3 is 0 Å². The number of hydrogen-bond donors (Lipinski definition) is 0. The second-order valence-corrected chi connectivity index (χ2v) is 11.3. The molecule has 1 heterocycles. The van der Waals surface area contributed by atoms with E-state index in [2.05, 4.69) is 59.6 Å². The zero-order chi connectivity index (χ0) is 23.4. The van der Waals surface area contributed by atoms with E-state index in [0.717, 1.165) is 36.1 Å². The lowest BCUT2D eigenvalue weighted by molar-refractivity contribution is -0.112. The first-order valence-electron chi connectivity index (χ1n) is 10.9. The van der Waals surface area contributed by atoms with Crippen molar-refractivity contribution >= 4 is 34.8 Å². The Kier molecular flexibility index (Phi) is 7.75. The number of benzene rings is 1. The SMILES string of the molecule is CC(C)(C)CC(C)(C)N1C=C(C(=O)/C=C/c2ccc(/C=C/C(=O)Cl)cc2)C(C)(C)CC1. The fourth-order valence-electron chi connectivity index (χ4n) is 4.35. The van der Waals surface area contributed by atoms with Crippen molar-refractivity contribution in [3.05, 3.63) is 59.3 Å². The van der Waals surface area contributed by atoms with Crippen LogP contribution in [-0.2, 0) is 9.59 Å². The van der Waals surface area contributed by atoms with Gasteiger partial charge in [0.05, 0.1) is 0 Å². The molecule has 0 spiro atoms. The van der Waals surface area contributed by atoms with Crippen LogP contribution in [0.5, 0.6) is 0 Å². The second kappa shape index (κ2) is 9.56. The summed E-state index contributed by atoms with van der Waals surface area (Å²) in [5, 5.41) is -0.502. The van der Waals surface area contributed by atoms with E-state index in [1.165, 1.54) is 6.08 Å². The highest BCUT2D eigenvalue weighted by Crippen LogP contribution is 2.40. The van der Waals surface area contributed by atoms with E-state index in [4.69, 9.17) is 11.6 Å². The first-order valence-corrected chi connectivity index (χ1v) is 11.3. The van der Waals surface area contributed by atoms with Crippen LogP contribution in [-0.4, -0.2) is 28.0 Å². The average Bonchev–Trinajstić information content (AvgIpc) is 2.62. The van der Waals surface area contributed by atoms with E-state index in [1.807, 2.05) is 30.3 Å². The van der Waals surface area contributed by atoms with Crippen molar-refractivity contribution in [1.82, 2.24) is 4.90 Å². The van der Waals surface area contributed by atoms with Crippen molar-refractivity contribution in [1.29, 1.82) is 0 Å². The minimum atomic E-state index is -0.502. The van der Waals surface area contributed by atoms with E-state index >= 15 is 0 Å². The molecular weight excluding hydrogens is 406 g/mol. The van der Waals surface area contributed by atoms with Crippen LogP contribution in [0.4, 0.5) is 0 Å². The summed E-state index contributed by atoms with van der Waals surface area (Å²) >= 11 is 5.33. The van der Waals surface area contributed by atoms with Crippen molar-refractivity contribution in [2.24, 2.45) is 10.8 Å². The van der Waals surface area contributed by atoms with E-state index in [0.29, 0.717) is 0 Å². The summed E-state index contributed by atoms with van der Waals surface area (Å²) in [7, 11) is 0. The maximum atomic E-state index is 13.1. The molecule has 2 rings (SSSR count). The minimum Gasteiger partial charge on any atom is -0.372 e. The second-order valence-electron chi connectivity index (χ2n) is 10.9. The van der Waals surface area contributed by atoms with Gasteiger partial charge in [-0.1, -0.05) is 71.0 Å². The lowest BCUT2D eigenvalue weighted by Gasteiger charge is -2.47. The largest absolute Gasteiger partial charge is 0.372 e. The number of allylic oxidation sites excluding steroid dienone is 3. The zero-order valence-corrected chi connectivity index (χ0v) is 20.7. The summed E-state index contributed by atoms with van der Waals surface area (Å²) in [4.78, 5) is 26.3. The molecule has 0 aromatic heterocycles. The number of carbonyl (C=O) groups excluding carboxylic acids is 2. The van der Waals surface area contributed by atoms with E-state index < -0.39 is 5.24 Å². The molecule has 168 valence electrons. The minimum absolute atomic E-state index is 0.0161. The number of ketones is 1. The van der Waals surface area contributed by atoms with Crippen LogP contribution in [0, 0.1) is 10.8 Å². The Morgan fingerprint density at radius 1 is 1.00 bits per heavy atom. The monoisotopic (exact) mass is 441 g/mol. The van der Waals surface area contributed by atoms with Crippen molar-refractivity contribution in [3.8, 4) is 0 Å². The molecule has 0 bridgehead atoms. The van der Waals surface area contributed by atoms with Gasteiger partial charge < -0.3 is 4.90 Å². The molecule has 0 radical (unpaired) electrons. The number of hydrogen-bond acceptors (Lipinski definition) is 3. The topological polar surface area (TPSA) is 37.4 Å². The summed E-state index contributed by atoms with van der Waals surface area (Å²) < 4.78 is 0. The summed E-state index contributed by atoms with van der Waals surface area (Å²) in [6.45, 7) is 16.6. The van der Waals surface area contributed by atoms with Gasteiger partial charge in [-0.05, 0) is 72.4 Å². The Bertz CT molecular complexity index is 896. The van der Waals surface area contributed by atoms with Crippen LogP contribution in [0.1, 0.15) is 72.4 Å². The van der Waals surface area contributed by atoms with Crippen LogP contribution >= 0.6 is 11.6 Å². The summed E-state index contributed by atoms with van der Waals surface area (Å²) in [5.41, 5.74) is 2.72.